The van der Waals surface area contributed by atoms with Gasteiger partial charge in [0, 0.05) is 25.4 Å². The van der Waals surface area contributed by atoms with Gasteiger partial charge in [0.05, 0.1) is 19.9 Å². The number of piperidine rings is 1. The second-order valence-electron chi connectivity index (χ2n) is 6.46. The highest BCUT2D eigenvalue weighted by molar-refractivity contribution is 6.03. The van der Waals surface area contributed by atoms with Gasteiger partial charge in [-0.3, -0.25) is 4.79 Å². The van der Waals surface area contributed by atoms with Crippen LogP contribution >= 0.6 is 0 Å². The Bertz CT molecular complexity index is 781. The van der Waals surface area contributed by atoms with Crippen LogP contribution in [0.5, 0.6) is 11.5 Å². The second-order valence-corrected chi connectivity index (χ2v) is 6.46. The molecule has 1 fully saturated rings. The maximum absolute atomic E-state index is 12.7. The number of ether oxygens (including phenoxy) is 2. The summed E-state index contributed by atoms with van der Waals surface area (Å²) in [5.74, 6) is 2.07. The summed E-state index contributed by atoms with van der Waals surface area (Å²) in [4.78, 5) is 23.6. The van der Waals surface area contributed by atoms with Crippen LogP contribution in [0.1, 0.15) is 30.3 Å². The van der Waals surface area contributed by atoms with E-state index in [2.05, 4.69) is 27.1 Å². The first-order valence-electron chi connectivity index (χ1n) is 8.72. The molecular formula is C19H24N4O3. The maximum Gasteiger partial charge on any atom is 0.274 e. The van der Waals surface area contributed by atoms with E-state index in [1.54, 1.807) is 44.7 Å². The fraction of sp³-hybridized carbons (Fsp3) is 0.421. The van der Waals surface area contributed by atoms with Crippen LogP contribution in [0.3, 0.4) is 0 Å². The van der Waals surface area contributed by atoms with Gasteiger partial charge in [-0.05, 0) is 37.0 Å². The van der Waals surface area contributed by atoms with E-state index in [9.17, 15) is 4.79 Å². The van der Waals surface area contributed by atoms with Gasteiger partial charge >= 0.3 is 0 Å². The first-order valence-corrected chi connectivity index (χ1v) is 8.72. The van der Waals surface area contributed by atoms with Crippen molar-refractivity contribution < 1.29 is 14.3 Å². The Hall–Kier alpha value is -2.83. The van der Waals surface area contributed by atoms with Gasteiger partial charge in [0.15, 0.2) is 0 Å². The molecule has 1 aliphatic rings. The van der Waals surface area contributed by atoms with Crippen LogP contribution < -0.4 is 19.7 Å². The summed E-state index contributed by atoms with van der Waals surface area (Å²) in [6.45, 7) is 4.05. The standard InChI is InChI=1S/C19H24N4O3/c1-13-5-4-10-23(12-13)19-20-9-8-15(22-19)18(24)21-16-11-14(25-2)6-7-17(16)26-3/h6-9,11,13H,4-5,10,12H2,1-3H3,(H,21,24). The second kappa shape index (κ2) is 8.03. The number of carbonyl (C=O) groups is 1. The van der Waals surface area contributed by atoms with Crippen molar-refractivity contribution in [1.82, 2.24) is 9.97 Å². The van der Waals surface area contributed by atoms with Crippen LogP contribution in [0.15, 0.2) is 30.5 Å². The molecule has 1 aliphatic heterocycles. The van der Waals surface area contributed by atoms with E-state index < -0.39 is 0 Å². The lowest BCUT2D eigenvalue weighted by Crippen LogP contribution is -2.35. The number of nitrogens with one attached hydrogen (secondary N) is 1. The minimum Gasteiger partial charge on any atom is -0.497 e. The Morgan fingerprint density at radius 2 is 2.12 bits per heavy atom. The average Bonchev–Trinajstić information content (AvgIpc) is 2.68. The lowest BCUT2D eigenvalue weighted by Gasteiger charge is -2.30. The topological polar surface area (TPSA) is 76.6 Å². The highest BCUT2D eigenvalue weighted by atomic mass is 16.5. The number of carbonyl (C=O) groups excluding carboxylic acids is 1. The van der Waals surface area contributed by atoms with Crippen LogP contribution in [0.2, 0.25) is 0 Å². The molecule has 138 valence electrons. The Balaban J connectivity index is 1.79. The third-order valence-electron chi connectivity index (χ3n) is 4.47. The molecule has 7 nitrogen and oxygen atoms in total. The van der Waals surface area contributed by atoms with Crippen molar-refractivity contribution in [2.45, 2.75) is 19.8 Å². The van der Waals surface area contributed by atoms with Gasteiger partial charge < -0.3 is 19.7 Å². The molecule has 3 rings (SSSR count). The number of hydrogen-bond donors (Lipinski definition) is 1. The molecule has 1 N–H and O–H groups in total. The lowest BCUT2D eigenvalue weighted by atomic mass is 10.0. The maximum atomic E-state index is 12.7. The van der Waals surface area contributed by atoms with Gasteiger partial charge in [0.2, 0.25) is 5.95 Å². The van der Waals surface area contributed by atoms with Crippen molar-refractivity contribution in [2.75, 3.05) is 37.5 Å². The number of anilines is 2. The molecule has 1 aromatic carbocycles. The summed E-state index contributed by atoms with van der Waals surface area (Å²) in [5.41, 5.74) is 0.849. The molecule has 1 saturated heterocycles. The number of amides is 1. The number of aromatic nitrogens is 2. The third-order valence-corrected chi connectivity index (χ3v) is 4.47. The minimum atomic E-state index is -0.315. The molecule has 2 heterocycles. The summed E-state index contributed by atoms with van der Waals surface area (Å²) < 4.78 is 10.5. The average molecular weight is 356 g/mol. The molecule has 1 amide bonds. The number of hydrogen-bond acceptors (Lipinski definition) is 6. The summed E-state index contributed by atoms with van der Waals surface area (Å²) in [5, 5.41) is 2.84. The SMILES string of the molecule is COc1ccc(OC)c(NC(=O)c2ccnc(N3CCCC(C)C3)n2)c1. The molecule has 0 bridgehead atoms. The number of rotatable bonds is 5. The summed E-state index contributed by atoms with van der Waals surface area (Å²) in [7, 11) is 3.13. The van der Waals surface area contributed by atoms with Gasteiger partial charge in [-0.15, -0.1) is 0 Å². The van der Waals surface area contributed by atoms with Crippen LogP contribution in [-0.4, -0.2) is 43.2 Å². The first kappa shape index (κ1) is 18.0. The smallest absolute Gasteiger partial charge is 0.274 e. The zero-order valence-corrected chi connectivity index (χ0v) is 15.4. The van der Waals surface area contributed by atoms with Crippen molar-refractivity contribution in [2.24, 2.45) is 5.92 Å². The van der Waals surface area contributed by atoms with E-state index in [0.29, 0.717) is 34.7 Å². The summed E-state index contributed by atoms with van der Waals surface area (Å²) in [6, 6.07) is 6.84. The third kappa shape index (κ3) is 4.04. The number of nitrogens with zero attached hydrogens (tertiary/aromatic N) is 3. The van der Waals surface area contributed by atoms with Crippen molar-refractivity contribution in [3.63, 3.8) is 0 Å². The largest absolute Gasteiger partial charge is 0.497 e. The fourth-order valence-electron chi connectivity index (χ4n) is 3.10. The first-order chi connectivity index (χ1) is 12.6. The molecule has 0 radical (unpaired) electrons. The van der Waals surface area contributed by atoms with Crippen molar-refractivity contribution in [3.05, 3.63) is 36.2 Å². The number of methoxy groups -OCH3 is 2. The molecule has 2 aromatic rings. The van der Waals surface area contributed by atoms with Gasteiger partial charge in [-0.25, -0.2) is 9.97 Å². The Morgan fingerprint density at radius 3 is 2.85 bits per heavy atom. The highest BCUT2D eigenvalue weighted by Gasteiger charge is 2.20. The van der Waals surface area contributed by atoms with Crippen LogP contribution in [0.25, 0.3) is 0 Å². The van der Waals surface area contributed by atoms with E-state index in [0.717, 1.165) is 19.5 Å². The van der Waals surface area contributed by atoms with Gasteiger partial charge in [-0.1, -0.05) is 6.92 Å². The molecule has 1 unspecified atom stereocenters. The molecule has 0 saturated carbocycles. The van der Waals surface area contributed by atoms with Crippen LogP contribution in [0.4, 0.5) is 11.6 Å². The monoisotopic (exact) mass is 356 g/mol. The zero-order valence-electron chi connectivity index (χ0n) is 15.4. The molecule has 0 aliphatic carbocycles. The molecule has 1 atom stereocenters. The van der Waals surface area contributed by atoms with E-state index in [-0.39, 0.29) is 5.91 Å². The van der Waals surface area contributed by atoms with Crippen molar-refractivity contribution >= 4 is 17.5 Å². The van der Waals surface area contributed by atoms with Crippen LogP contribution in [-0.2, 0) is 0 Å². The Labute approximate surface area is 153 Å². The summed E-state index contributed by atoms with van der Waals surface area (Å²) >= 11 is 0. The predicted molar refractivity (Wildman–Crippen MR) is 100 cm³/mol. The van der Waals surface area contributed by atoms with Gasteiger partial charge in [-0.2, -0.15) is 0 Å². The van der Waals surface area contributed by atoms with Crippen molar-refractivity contribution in [1.29, 1.82) is 0 Å². The number of benzene rings is 1. The predicted octanol–water partition coefficient (Wildman–Crippen LogP) is 2.98. The molecule has 0 spiro atoms. The highest BCUT2D eigenvalue weighted by Crippen LogP contribution is 2.29. The van der Waals surface area contributed by atoms with E-state index in [1.165, 1.54) is 6.42 Å². The quantitative estimate of drug-likeness (QED) is 0.887. The van der Waals surface area contributed by atoms with Gasteiger partial charge in [0.1, 0.15) is 17.2 Å². The molecule has 1 aromatic heterocycles. The Morgan fingerprint density at radius 1 is 1.27 bits per heavy atom. The van der Waals surface area contributed by atoms with Gasteiger partial charge in [0.25, 0.3) is 5.91 Å². The van der Waals surface area contributed by atoms with E-state index in [1.807, 2.05) is 0 Å². The normalized spacial score (nSPS) is 16.9. The lowest BCUT2D eigenvalue weighted by molar-refractivity contribution is 0.102. The fourth-order valence-corrected chi connectivity index (χ4v) is 3.10. The van der Waals surface area contributed by atoms with Crippen LogP contribution in [0, 0.1) is 5.92 Å². The minimum absolute atomic E-state index is 0.315. The van der Waals surface area contributed by atoms with E-state index >= 15 is 0 Å². The summed E-state index contributed by atoms with van der Waals surface area (Å²) in [6.07, 6.45) is 3.95. The molecular weight excluding hydrogens is 332 g/mol. The van der Waals surface area contributed by atoms with Crippen molar-refractivity contribution in [3.8, 4) is 11.5 Å². The molecule has 7 heteroatoms. The van der Waals surface area contributed by atoms with E-state index in [4.69, 9.17) is 9.47 Å². The molecule has 26 heavy (non-hydrogen) atoms. The zero-order chi connectivity index (χ0) is 18.5. The Kier molecular flexibility index (Phi) is 5.55.